The van der Waals surface area contributed by atoms with Gasteiger partial charge < -0.3 is 20.3 Å². The van der Waals surface area contributed by atoms with Crippen LogP contribution in [0.2, 0.25) is 10.0 Å². The van der Waals surface area contributed by atoms with E-state index in [4.69, 9.17) is 27.9 Å². The van der Waals surface area contributed by atoms with Crippen LogP contribution in [0, 0.1) is 0 Å². The van der Waals surface area contributed by atoms with Crippen molar-refractivity contribution in [2.75, 3.05) is 6.61 Å². The van der Waals surface area contributed by atoms with E-state index in [2.05, 4.69) is 5.32 Å². The van der Waals surface area contributed by atoms with Gasteiger partial charge in [0.05, 0.1) is 5.02 Å². The van der Waals surface area contributed by atoms with Gasteiger partial charge in [0.1, 0.15) is 5.75 Å². The van der Waals surface area contributed by atoms with Crippen LogP contribution in [0.15, 0.2) is 36.4 Å². The van der Waals surface area contributed by atoms with Gasteiger partial charge in [-0.1, -0.05) is 29.3 Å². The van der Waals surface area contributed by atoms with Crippen molar-refractivity contribution in [2.24, 2.45) is 0 Å². The average Bonchev–Trinajstić information content (AvgIpc) is 2.47. The second-order valence-corrected chi connectivity index (χ2v) is 5.31. The topological polar surface area (TPSA) is 78.8 Å². The molecule has 2 aromatic rings. The molecule has 22 heavy (non-hydrogen) atoms. The van der Waals surface area contributed by atoms with Gasteiger partial charge in [0, 0.05) is 11.6 Å². The number of amides is 1. The molecule has 0 radical (unpaired) electrons. The van der Waals surface area contributed by atoms with Crippen molar-refractivity contribution < 1.29 is 19.7 Å². The molecule has 0 saturated heterocycles. The SMILES string of the molecule is O=C(COc1ccc(Cl)cc1Cl)NCc1ccc(O)c(O)c1. The quantitative estimate of drug-likeness (QED) is 0.730. The second-order valence-electron chi connectivity index (χ2n) is 4.46. The Hall–Kier alpha value is -2.11. The molecule has 0 unspecified atom stereocenters. The first-order valence-corrected chi connectivity index (χ1v) is 7.06. The average molecular weight is 342 g/mol. The van der Waals surface area contributed by atoms with Crippen LogP contribution in [-0.2, 0) is 11.3 Å². The highest BCUT2D eigenvalue weighted by atomic mass is 35.5. The zero-order valence-corrected chi connectivity index (χ0v) is 12.9. The number of halogens is 2. The highest BCUT2D eigenvalue weighted by molar-refractivity contribution is 6.35. The molecule has 0 spiro atoms. The van der Waals surface area contributed by atoms with Crippen LogP contribution in [0.25, 0.3) is 0 Å². The zero-order chi connectivity index (χ0) is 16.1. The molecular weight excluding hydrogens is 329 g/mol. The Bertz CT molecular complexity index is 691. The van der Waals surface area contributed by atoms with Crippen LogP contribution in [0.3, 0.4) is 0 Å². The Labute approximate surface area is 137 Å². The first kappa shape index (κ1) is 16.3. The van der Waals surface area contributed by atoms with Gasteiger partial charge in [-0.15, -0.1) is 0 Å². The van der Waals surface area contributed by atoms with Crippen LogP contribution < -0.4 is 10.1 Å². The third-order valence-electron chi connectivity index (χ3n) is 2.78. The minimum Gasteiger partial charge on any atom is -0.504 e. The molecule has 2 aromatic carbocycles. The number of phenols is 2. The molecule has 0 bridgehead atoms. The van der Waals surface area contributed by atoms with Crippen LogP contribution in [-0.4, -0.2) is 22.7 Å². The molecule has 116 valence electrons. The summed E-state index contributed by atoms with van der Waals surface area (Å²) in [6, 6.07) is 9.02. The maximum Gasteiger partial charge on any atom is 0.258 e. The number of rotatable bonds is 5. The lowest BCUT2D eigenvalue weighted by molar-refractivity contribution is -0.123. The number of aromatic hydroxyl groups is 2. The number of carbonyl (C=O) groups is 1. The van der Waals surface area contributed by atoms with Gasteiger partial charge in [-0.3, -0.25) is 4.79 Å². The number of carbonyl (C=O) groups excluding carboxylic acids is 1. The van der Waals surface area contributed by atoms with E-state index in [9.17, 15) is 15.0 Å². The molecule has 0 aliphatic rings. The highest BCUT2D eigenvalue weighted by Gasteiger charge is 2.07. The Morgan fingerprint density at radius 3 is 2.55 bits per heavy atom. The van der Waals surface area contributed by atoms with Crippen molar-refractivity contribution in [3.63, 3.8) is 0 Å². The summed E-state index contributed by atoms with van der Waals surface area (Å²) in [6.45, 7) is -0.00417. The van der Waals surface area contributed by atoms with Gasteiger partial charge in [0.2, 0.25) is 0 Å². The van der Waals surface area contributed by atoms with E-state index in [0.717, 1.165) is 0 Å². The molecule has 3 N–H and O–H groups in total. The fraction of sp³-hybridized carbons (Fsp3) is 0.133. The number of nitrogens with one attached hydrogen (secondary N) is 1. The van der Waals surface area contributed by atoms with Crippen molar-refractivity contribution in [3.8, 4) is 17.2 Å². The number of hydrogen-bond donors (Lipinski definition) is 3. The molecule has 0 fully saturated rings. The molecule has 1 amide bonds. The van der Waals surface area contributed by atoms with Crippen molar-refractivity contribution in [1.82, 2.24) is 5.32 Å². The van der Waals surface area contributed by atoms with Crippen LogP contribution in [0.5, 0.6) is 17.2 Å². The van der Waals surface area contributed by atoms with Gasteiger partial charge in [-0.2, -0.15) is 0 Å². The Morgan fingerprint density at radius 1 is 1.09 bits per heavy atom. The van der Waals surface area contributed by atoms with E-state index >= 15 is 0 Å². The van der Waals surface area contributed by atoms with Crippen molar-refractivity contribution in [3.05, 3.63) is 52.0 Å². The van der Waals surface area contributed by atoms with E-state index in [1.165, 1.54) is 18.2 Å². The van der Waals surface area contributed by atoms with E-state index in [0.29, 0.717) is 21.4 Å². The molecule has 0 saturated carbocycles. The van der Waals surface area contributed by atoms with Gasteiger partial charge in [-0.05, 0) is 35.9 Å². The van der Waals surface area contributed by atoms with Gasteiger partial charge in [0.15, 0.2) is 18.1 Å². The predicted molar refractivity (Wildman–Crippen MR) is 83.6 cm³/mol. The molecular formula is C15H13Cl2NO4. The smallest absolute Gasteiger partial charge is 0.258 e. The predicted octanol–water partition coefficient (Wildman–Crippen LogP) is 3.10. The number of phenolic OH excluding ortho intramolecular Hbond substituents is 2. The van der Waals surface area contributed by atoms with E-state index < -0.39 is 0 Å². The normalized spacial score (nSPS) is 10.3. The Kier molecular flexibility index (Phi) is 5.35. The summed E-state index contributed by atoms with van der Waals surface area (Å²) in [6.07, 6.45) is 0. The highest BCUT2D eigenvalue weighted by Crippen LogP contribution is 2.27. The summed E-state index contributed by atoms with van der Waals surface area (Å²) in [5.41, 5.74) is 0.646. The Morgan fingerprint density at radius 2 is 1.86 bits per heavy atom. The largest absolute Gasteiger partial charge is 0.504 e. The number of hydrogen-bond acceptors (Lipinski definition) is 4. The fourth-order valence-electron chi connectivity index (χ4n) is 1.67. The maximum atomic E-state index is 11.7. The summed E-state index contributed by atoms with van der Waals surface area (Å²) < 4.78 is 5.29. The van der Waals surface area contributed by atoms with Crippen molar-refractivity contribution >= 4 is 29.1 Å². The minimum absolute atomic E-state index is 0.199. The van der Waals surface area contributed by atoms with Gasteiger partial charge >= 0.3 is 0 Å². The standard InChI is InChI=1S/C15H13Cl2NO4/c16-10-2-4-14(11(17)6-10)22-8-15(21)18-7-9-1-3-12(19)13(20)5-9/h1-6,19-20H,7-8H2,(H,18,21). The van der Waals surface area contributed by atoms with Crippen LogP contribution in [0.4, 0.5) is 0 Å². The molecule has 5 nitrogen and oxygen atoms in total. The van der Waals surface area contributed by atoms with E-state index in [1.54, 1.807) is 18.2 Å². The molecule has 2 rings (SSSR count). The molecule has 0 aliphatic carbocycles. The van der Waals surface area contributed by atoms with Gasteiger partial charge in [0.25, 0.3) is 5.91 Å². The Balaban J connectivity index is 1.84. The maximum absolute atomic E-state index is 11.7. The monoisotopic (exact) mass is 341 g/mol. The molecule has 0 aliphatic heterocycles. The summed E-state index contributed by atoms with van der Waals surface area (Å²) in [7, 11) is 0. The van der Waals surface area contributed by atoms with Crippen molar-refractivity contribution in [2.45, 2.75) is 6.54 Å². The third-order valence-corrected chi connectivity index (χ3v) is 3.31. The summed E-state index contributed by atoms with van der Waals surface area (Å²) >= 11 is 11.7. The summed E-state index contributed by atoms with van der Waals surface area (Å²) in [4.78, 5) is 11.7. The van der Waals surface area contributed by atoms with Crippen LogP contribution >= 0.6 is 23.2 Å². The second kappa shape index (κ2) is 7.24. The lowest BCUT2D eigenvalue weighted by Gasteiger charge is -2.09. The summed E-state index contributed by atoms with van der Waals surface area (Å²) in [5, 5.41) is 22.0. The van der Waals surface area contributed by atoms with Crippen LogP contribution in [0.1, 0.15) is 5.56 Å². The molecule has 0 heterocycles. The number of benzene rings is 2. The number of ether oxygens (including phenoxy) is 1. The molecule has 0 atom stereocenters. The third kappa shape index (κ3) is 4.44. The fourth-order valence-corrected chi connectivity index (χ4v) is 2.13. The first-order valence-electron chi connectivity index (χ1n) is 6.31. The van der Waals surface area contributed by atoms with E-state index in [-0.39, 0.29) is 30.6 Å². The lowest BCUT2D eigenvalue weighted by atomic mass is 10.2. The van der Waals surface area contributed by atoms with Gasteiger partial charge in [-0.25, -0.2) is 0 Å². The van der Waals surface area contributed by atoms with Crippen molar-refractivity contribution in [1.29, 1.82) is 0 Å². The molecule has 7 heteroatoms. The minimum atomic E-state index is -0.349. The summed E-state index contributed by atoms with van der Waals surface area (Å²) in [5.74, 6) is -0.436. The zero-order valence-electron chi connectivity index (χ0n) is 11.3. The lowest BCUT2D eigenvalue weighted by Crippen LogP contribution is -2.28. The molecule has 0 aromatic heterocycles. The first-order chi connectivity index (χ1) is 10.5. The van der Waals surface area contributed by atoms with E-state index in [1.807, 2.05) is 0 Å².